The fourth-order valence-corrected chi connectivity index (χ4v) is 0.954. The highest BCUT2D eigenvalue weighted by Gasteiger charge is 2.20. The van der Waals surface area contributed by atoms with Crippen molar-refractivity contribution < 1.29 is 17.3 Å². The van der Waals surface area contributed by atoms with E-state index in [1.54, 1.807) is 0 Å². The monoisotopic (exact) mass is 225 g/mol. The molecule has 0 aliphatic rings. The Labute approximate surface area is 86.4 Å². The van der Waals surface area contributed by atoms with Crippen molar-refractivity contribution in [1.82, 2.24) is 9.55 Å². The summed E-state index contributed by atoms with van der Waals surface area (Å²) in [5.41, 5.74) is 1.21. The fraction of sp³-hybridized carbons (Fsp3) is 0.625. The van der Waals surface area contributed by atoms with Crippen molar-refractivity contribution in [2.75, 3.05) is 0 Å². The smallest absolute Gasteiger partial charge is 0.418 e. The Bertz CT molecular complexity index is 266. The number of hydrogen-bond acceptors (Lipinski definition) is 1. The third kappa shape index (κ3) is 10.9. The summed E-state index contributed by atoms with van der Waals surface area (Å²) in [6.45, 7) is 2.20. The molecule has 1 aromatic heterocycles. The largest absolute Gasteiger partial charge is 0.673 e. The number of unbranched alkanes of at least 4 members (excludes halogenated alkanes) is 1. The number of rotatable bonds is 3. The second-order valence-electron chi connectivity index (χ2n) is 3.13. The average molecular weight is 225 g/mol. The lowest BCUT2D eigenvalue weighted by molar-refractivity contribution is 0.368. The first kappa shape index (κ1) is 14.0. The van der Waals surface area contributed by atoms with Crippen molar-refractivity contribution in [3.8, 4) is 0 Å². The number of imidazole rings is 1. The van der Waals surface area contributed by atoms with Crippen molar-refractivity contribution in [1.29, 1.82) is 0 Å². The molecule has 1 heterocycles. The molecular formula is C8H14BF4N2-. The van der Waals surface area contributed by atoms with Crippen LogP contribution >= 0.6 is 0 Å². The first-order valence-electron chi connectivity index (χ1n) is 4.67. The summed E-state index contributed by atoms with van der Waals surface area (Å²) in [4.78, 5) is 4.22. The van der Waals surface area contributed by atoms with Gasteiger partial charge in [0, 0.05) is 13.2 Å². The third-order valence-electron chi connectivity index (χ3n) is 1.54. The first-order chi connectivity index (χ1) is 6.83. The summed E-state index contributed by atoms with van der Waals surface area (Å²) in [6, 6.07) is 0. The molecule has 0 aliphatic heterocycles. The van der Waals surface area contributed by atoms with E-state index in [1.807, 2.05) is 17.9 Å². The van der Waals surface area contributed by atoms with Crippen LogP contribution in [0.4, 0.5) is 17.3 Å². The molecule has 0 N–H and O–H groups in total. The second-order valence-corrected chi connectivity index (χ2v) is 3.13. The van der Waals surface area contributed by atoms with Gasteiger partial charge in [0.2, 0.25) is 0 Å². The molecule has 0 aliphatic carbocycles. The van der Waals surface area contributed by atoms with E-state index in [-0.39, 0.29) is 0 Å². The maximum atomic E-state index is 9.75. The summed E-state index contributed by atoms with van der Waals surface area (Å²) in [5, 5.41) is 0. The Morgan fingerprint density at radius 2 is 1.87 bits per heavy atom. The highest BCUT2D eigenvalue weighted by atomic mass is 19.5. The van der Waals surface area contributed by atoms with Crippen LogP contribution in [-0.4, -0.2) is 16.8 Å². The van der Waals surface area contributed by atoms with Gasteiger partial charge in [0.05, 0.1) is 12.0 Å². The van der Waals surface area contributed by atoms with Crippen molar-refractivity contribution in [3.63, 3.8) is 0 Å². The Morgan fingerprint density at radius 3 is 2.20 bits per heavy atom. The van der Waals surface area contributed by atoms with Gasteiger partial charge in [-0.25, -0.2) is 4.98 Å². The highest BCUT2D eigenvalue weighted by Crippen LogP contribution is 2.06. The first-order valence-corrected chi connectivity index (χ1v) is 4.67. The molecule has 0 amide bonds. The molecule has 0 saturated carbocycles. The molecule has 0 saturated heterocycles. The summed E-state index contributed by atoms with van der Waals surface area (Å²) in [7, 11) is -4.00. The molecule has 2 nitrogen and oxygen atoms in total. The maximum Gasteiger partial charge on any atom is 0.673 e. The number of aryl methyl sites for hydroxylation is 2. The number of aromatic nitrogens is 2. The molecular weight excluding hydrogens is 211 g/mol. The SMILES string of the molecule is CCCCc1cn(C)cn1.F[B-](F)(F)F. The molecule has 1 aromatic rings. The zero-order valence-electron chi connectivity index (χ0n) is 8.76. The number of hydrogen-bond donors (Lipinski definition) is 0. The zero-order valence-corrected chi connectivity index (χ0v) is 8.76. The van der Waals surface area contributed by atoms with Gasteiger partial charge in [0.25, 0.3) is 0 Å². The Morgan fingerprint density at radius 1 is 1.33 bits per heavy atom. The zero-order chi connectivity index (χ0) is 11.9. The summed E-state index contributed by atoms with van der Waals surface area (Å²) >= 11 is 0. The van der Waals surface area contributed by atoms with E-state index in [2.05, 4.69) is 18.1 Å². The molecule has 7 heteroatoms. The topological polar surface area (TPSA) is 17.8 Å². The minimum absolute atomic E-state index is 1.12. The van der Waals surface area contributed by atoms with Crippen LogP contribution in [0.5, 0.6) is 0 Å². The van der Waals surface area contributed by atoms with E-state index < -0.39 is 7.25 Å². The van der Waals surface area contributed by atoms with Gasteiger partial charge in [-0.1, -0.05) is 13.3 Å². The lowest BCUT2D eigenvalue weighted by atomic mass is 10.2. The minimum Gasteiger partial charge on any atom is -0.418 e. The molecule has 0 fully saturated rings. The van der Waals surface area contributed by atoms with E-state index in [1.165, 1.54) is 18.5 Å². The molecule has 0 radical (unpaired) electrons. The van der Waals surface area contributed by atoms with E-state index in [9.17, 15) is 17.3 Å². The van der Waals surface area contributed by atoms with Crippen molar-refractivity contribution in [2.45, 2.75) is 26.2 Å². The van der Waals surface area contributed by atoms with Crippen LogP contribution in [0.25, 0.3) is 0 Å². The molecule has 88 valence electrons. The van der Waals surface area contributed by atoms with Gasteiger partial charge in [0.15, 0.2) is 0 Å². The Balaban J connectivity index is 0.000000336. The molecule has 0 atom stereocenters. The average Bonchev–Trinajstić information content (AvgIpc) is 2.45. The highest BCUT2D eigenvalue weighted by molar-refractivity contribution is 6.50. The summed E-state index contributed by atoms with van der Waals surface area (Å²) in [5.74, 6) is 0. The number of halogens is 4. The van der Waals surface area contributed by atoms with Gasteiger partial charge in [-0.15, -0.1) is 0 Å². The van der Waals surface area contributed by atoms with Crippen molar-refractivity contribution in [3.05, 3.63) is 18.2 Å². The number of nitrogens with zero attached hydrogens (tertiary/aromatic N) is 2. The molecule has 0 spiro atoms. The summed E-state index contributed by atoms with van der Waals surface area (Å²) < 4.78 is 41.0. The van der Waals surface area contributed by atoms with Gasteiger partial charge < -0.3 is 21.8 Å². The van der Waals surface area contributed by atoms with Gasteiger partial charge >= 0.3 is 7.25 Å². The Hall–Kier alpha value is -1.01. The predicted molar refractivity (Wildman–Crippen MR) is 52.0 cm³/mol. The van der Waals surface area contributed by atoms with E-state index in [4.69, 9.17) is 0 Å². The second kappa shape index (κ2) is 6.47. The fourth-order valence-electron chi connectivity index (χ4n) is 0.954. The van der Waals surface area contributed by atoms with E-state index >= 15 is 0 Å². The van der Waals surface area contributed by atoms with Gasteiger partial charge in [-0.3, -0.25) is 0 Å². The lowest BCUT2D eigenvalue weighted by Gasteiger charge is -1.94. The maximum absolute atomic E-state index is 9.75. The van der Waals surface area contributed by atoms with E-state index in [0.717, 1.165) is 6.42 Å². The van der Waals surface area contributed by atoms with Crippen LogP contribution < -0.4 is 0 Å². The van der Waals surface area contributed by atoms with Crippen LogP contribution in [0.3, 0.4) is 0 Å². The van der Waals surface area contributed by atoms with Crippen molar-refractivity contribution >= 4 is 7.25 Å². The van der Waals surface area contributed by atoms with E-state index in [0.29, 0.717) is 0 Å². The molecule has 15 heavy (non-hydrogen) atoms. The van der Waals surface area contributed by atoms with Crippen LogP contribution in [0.1, 0.15) is 25.5 Å². The summed E-state index contributed by atoms with van der Waals surface area (Å²) in [6.07, 6.45) is 7.55. The predicted octanol–water partition coefficient (Wildman–Crippen LogP) is 3.06. The standard InChI is InChI=1S/C8H14N2.BF4/c1-3-4-5-8-6-10(2)7-9-8;2-1(3,4)5/h6-7H,3-5H2,1-2H3;/q;-1. The molecule has 1 rings (SSSR count). The molecule has 0 unspecified atom stereocenters. The Kier molecular flexibility index (Phi) is 6.04. The van der Waals surface area contributed by atoms with Crippen LogP contribution in [0.2, 0.25) is 0 Å². The van der Waals surface area contributed by atoms with Gasteiger partial charge in [-0.05, 0) is 12.8 Å². The minimum atomic E-state index is -6.00. The van der Waals surface area contributed by atoms with Crippen molar-refractivity contribution in [2.24, 2.45) is 7.05 Å². The van der Waals surface area contributed by atoms with Gasteiger partial charge in [0.1, 0.15) is 0 Å². The lowest BCUT2D eigenvalue weighted by Crippen LogP contribution is -2.02. The molecule has 0 bridgehead atoms. The molecule has 0 aromatic carbocycles. The van der Waals surface area contributed by atoms with Gasteiger partial charge in [-0.2, -0.15) is 0 Å². The van der Waals surface area contributed by atoms with Crippen LogP contribution in [0.15, 0.2) is 12.5 Å². The van der Waals surface area contributed by atoms with Crippen LogP contribution in [-0.2, 0) is 13.5 Å². The third-order valence-corrected chi connectivity index (χ3v) is 1.54. The normalized spacial score (nSPS) is 10.8. The quantitative estimate of drug-likeness (QED) is 0.570. The van der Waals surface area contributed by atoms with Crippen LogP contribution in [0, 0.1) is 0 Å².